The van der Waals surface area contributed by atoms with Crippen LogP contribution >= 0.6 is 0 Å². The van der Waals surface area contributed by atoms with Crippen molar-refractivity contribution in [3.8, 4) is 0 Å². The SMILES string of the molecule is COC1=C(C2=CC=CC2)CNc2ccc(C)cc21. The highest BCUT2D eigenvalue weighted by Gasteiger charge is 2.22. The number of methoxy groups -OCH3 is 1. The van der Waals surface area contributed by atoms with Gasteiger partial charge >= 0.3 is 0 Å². The Hall–Kier alpha value is -1.96. The Labute approximate surface area is 108 Å². The number of anilines is 1. The van der Waals surface area contributed by atoms with Crippen LogP contribution in [0.1, 0.15) is 17.5 Å². The molecule has 2 heteroatoms. The summed E-state index contributed by atoms with van der Waals surface area (Å²) in [5.41, 5.74) is 6.22. The van der Waals surface area contributed by atoms with Gasteiger partial charge in [0, 0.05) is 23.4 Å². The van der Waals surface area contributed by atoms with Crippen LogP contribution in [-0.2, 0) is 4.74 Å². The molecule has 18 heavy (non-hydrogen) atoms. The second-order valence-corrected chi connectivity index (χ2v) is 4.74. The summed E-state index contributed by atoms with van der Waals surface area (Å²) in [5.74, 6) is 1.02. The Morgan fingerprint density at radius 1 is 1.28 bits per heavy atom. The van der Waals surface area contributed by atoms with E-state index in [4.69, 9.17) is 4.74 Å². The maximum absolute atomic E-state index is 5.67. The first-order chi connectivity index (χ1) is 8.79. The van der Waals surface area contributed by atoms with Gasteiger partial charge in [-0.2, -0.15) is 0 Å². The summed E-state index contributed by atoms with van der Waals surface area (Å²) < 4.78 is 5.67. The van der Waals surface area contributed by atoms with Crippen LogP contribution in [0.2, 0.25) is 0 Å². The van der Waals surface area contributed by atoms with Crippen LogP contribution < -0.4 is 5.32 Å². The molecule has 0 saturated heterocycles. The van der Waals surface area contributed by atoms with E-state index in [2.05, 4.69) is 48.7 Å². The second-order valence-electron chi connectivity index (χ2n) is 4.74. The molecule has 0 bridgehead atoms. The highest BCUT2D eigenvalue weighted by atomic mass is 16.5. The van der Waals surface area contributed by atoms with E-state index in [9.17, 15) is 0 Å². The van der Waals surface area contributed by atoms with Gasteiger partial charge in [-0.05, 0) is 31.1 Å². The van der Waals surface area contributed by atoms with Crippen molar-refractivity contribution in [3.05, 3.63) is 58.7 Å². The lowest BCUT2D eigenvalue weighted by atomic mass is 9.95. The van der Waals surface area contributed by atoms with Crippen molar-refractivity contribution in [2.45, 2.75) is 13.3 Å². The monoisotopic (exact) mass is 239 g/mol. The van der Waals surface area contributed by atoms with E-state index < -0.39 is 0 Å². The van der Waals surface area contributed by atoms with Crippen LogP contribution in [0.25, 0.3) is 5.76 Å². The van der Waals surface area contributed by atoms with E-state index in [1.54, 1.807) is 7.11 Å². The number of aryl methyl sites for hydroxylation is 1. The van der Waals surface area contributed by atoms with Crippen molar-refractivity contribution in [1.82, 2.24) is 0 Å². The first kappa shape index (κ1) is 11.1. The zero-order valence-corrected chi connectivity index (χ0v) is 10.8. The molecule has 1 heterocycles. The number of rotatable bonds is 2. The molecule has 0 unspecified atom stereocenters. The number of benzene rings is 1. The molecular weight excluding hydrogens is 222 g/mol. The minimum atomic E-state index is 0.840. The van der Waals surface area contributed by atoms with Crippen molar-refractivity contribution in [2.75, 3.05) is 19.0 Å². The average molecular weight is 239 g/mol. The van der Waals surface area contributed by atoms with Crippen LogP contribution in [0.5, 0.6) is 0 Å². The van der Waals surface area contributed by atoms with E-state index in [0.29, 0.717) is 0 Å². The fraction of sp³-hybridized carbons (Fsp3) is 0.250. The van der Waals surface area contributed by atoms with E-state index in [0.717, 1.165) is 24.4 Å². The van der Waals surface area contributed by atoms with Crippen molar-refractivity contribution < 1.29 is 4.74 Å². The van der Waals surface area contributed by atoms with Crippen LogP contribution in [0.3, 0.4) is 0 Å². The zero-order valence-electron chi connectivity index (χ0n) is 10.8. The minimum absolute atomic E-state index is 0.840. The quantitative estimate of drug-likeness (QED) is 0.850. The number of ether oxygens (including phenoxy) is 1. The molecule has 1 aromatic rings. The molecule has 0 fully saturated rings. The molecule has 92 valence electrons. The lowest BCUT2D eigenvalue weighted by Gasteiger charge is -2.25. The third kappa shape index (κ3) is 1.74. The molecule has 1 N–H and O–H groups in total. The molecule has 0 saturated carbocycles. The number of allylic oxidation sites excluding steroid dienone is 3. The molecule has 1 aliphatic carbocycles. The fourth-order valence-electron chi connectivity index (χ4n) is 2.59. The summed E-state index contributed by atoms with van der Waals surface area (Å²) in [6.45, 7) is 2.95. The molecule has 0 atom stereocenters. The van der Waals surface area contributed by atoms with Gasteiger partial charge in [-0.15, -0.1) is 0 Å². The zero-order chi connectivity index (χ0) is 12.5. The maximum Gasteiger partial charge on any atom is 0.133 e. The topological polar surface area (TPSA) is 21.3 Å². The molecule has 0 aromatic heterocycles. The Bertz CT molecular complexity index is 579. The molecule has 0 spiro atoms. The summed E-state index contributed by atoms with van der Waals surface area (Å²) in [6, 6.07) is 6.44. The lowest BCUT2D eigenvalue weighted by molar-refractivity contribution is 0.366. The van der Waals surface area contributed by atoms with Crippen LogP contribution in [0.15, 0.2) is 47.6 Å². The smallest absolute Gasteiger partial charge is 0.133 e. The van der Waals surface area contributed by atoms with Crippen molar-refractivity contribution >= 4 is 11.4 Å². The van der Waals surface area contributed by atoms with Gasteiger partial charge in [0.1, 0.15) is 5.76 Å². The van der Waals surface area contributed by atoms with Gasteiger partial charge in [0.25, 0.3) is 0 Å². The number of hydrogen-bond donors (Lipinski definition) is 1. The van der Waals surface area contributed by atoms with Gasteiger partial charge in [0.05, 0.1) is 7.11 Å². The Morgan fingerprint density at radius 2 is 2.17 bits per heavy atom. The first-order valence-corrected chi connectivity index (χ1v) is 6.27. The van der Waals surface area contributed by atoms with Crippen molar-refractivity contribution in [3.63, 3.8) is 0 Å². The molecule has 1 aromatic carbocycles. The second kappa shape index (κ2) is 4.37. The van der Waals surface area contributed by atoms with Gasteiger partial charge in [-0.1, -0.05) is 29.9 Å². The Kier molecular flexibility index (Phi) is 2.71. The molecular formula is C16H17NO. The van der Waals surface area contributed by atoms with Crippen molar-refractivity contribution in [1.29, 1.82) is 0 Å². The predicted octanol–water partition coefficient (Wildman–Crippen LogP) is 3.66. The summed E-state index contributed by atoms with van der Waals surface area (Å²) >= 11 is 0. The van der Waals surface area contributed by atoms with Gasteiger partial charge in [-0.3, -0.25) is 0 Å². The molecule has 3 rings (SSSR count). The third-order valence-corrected chi connectivity index (χ3v) is 3.51. The van der Waals surface area contributed by atoms with Gasteiger partial charge in [-0.25, -0.2) is 0 Å². The number of hydrogen-bond acceptors (Lipinski definition) is 2. The molecule has 2 aliphatic rings. The number of fused-ring (bicyclic) bond motifs is 1. The largest absolute Gasteiger partial charge is 0.496 e. The maximum atomic E-state index is 5.67. The summed E-state index contributed by atoms with van der Waals surface area (Å²) in [7, 11) is 1.76. The molecule has 0 amide bonds. The normalized spacial score (nSPS) is 17.3. The van der Waals surface area contributed by atoms with Crippen LogP contribution in [0.4, 0.5) is 5.69 Å². The van der Waals surface area contributed by atoms with E-state index in [1.807, 2.05) is 0 Å². The van der Waals surface area contributed by atoms with Gasteiger partial charge in [0.2, 0.25) is 0 Å². The first-order valence-electron chi connectivity index (χ1n) is 6.27. The predicted molar refractivity (Wildman–Crippen MR) is 75.4 cm³/mol. The van der Waals surface area contributed by atoms with E-state index in [-0.39, 0.29) is 0 Å². The summed E-state index contributed by atoms with van der Waals surface area (Å²) in [4.78, 5) is 0. The third-order valence-electron chi connectivity index (χ3n) is 3.51. The summed E-state index contributed by atoms with van der Waals surface area (Å²) in [5, 5.41) is 3.47. The Balaban J connectivity index is 2.12. The van der Waals surface area contributed by atoms with Crippen molar-refractivity contribution in [2.24, 2.45) is 0 Å². The van der Waals surface area contributed by atoms with Gasteiger partial charge < -0.3 is 10.1 Å². The lowest BCUT2D eigenvalue weighted by Crippen LogP contribution is -2.16. The minimum Gasteiger partial charge on any atom is -0.496 e. The Morgan fingerprint density at radius 3 is 2.89 bits per heavy atom. The number of nitrogens with one attached hydrogen (secondary N) is 1. The molecule has 1 aliphatic heterocycles. The standard InChI is InChI=1S/C16H17NO/c1-11-7-8-15-13(9-11)16(18-2)14(10-17-15)12-5-3-4-6-12/h3-5,7-9,17H,6,10H2,1-2H3. The highest BCUT2D eigenvalue weighted by Crippen LogP contribution is 2.36. The highest BCUT2D eigenvalue weighted by molar-refractivity contribution is 5.81. The van der Waals surface area contributed by atoms with E-state index >= 15 is 0 Å². The average Bonchev–Trinajstić information content (AvgIpc) is 2.91. The van der Waals surface area contributed by atoms with Crippen LogP contribution in [0, 0.1) is 6.92 Å². The fourth-order valence-corrected chi connectivity index (χ4v) is 2.59. The van der Waals surface area contributed by atoms with E-state index in [1.165, 1.54) is 22.3 Å². The molecule has 2 nitrogen and oxygen atoms in total. The van der Waals surface area contributed by atoms with Gasteiger partial charge in [0.15, 0.2) is 0 Å². The molecule has 0 radical (unpaired) electrons. The van der Waals surface area contributed by atoms with Crippen LogP contribution in [-0.4, -0.2) is 13.7 Å². The summed E-state index contributed by atoms with van der Waals surface area (Å²) in [6.07, 6.45) is 7.48.